The maximum atomic E-state index is 9.25. The quantitative estimate of drug-likeness (QED) is 0.645. The van der Waals surface area contributed by atoms with Crippen molar-refractivity contribution < 1.29 is 9.52 Å². The summed E-state index contributed by atoms with van der Waals surface area (Å²) in [6.07, 6.45) is 1.02. The van der Waals surface area contributed by atoms with Gasteiger partial charge in [-0.15, -0.1) is 0 Å². The van der Waals surface area contributed by atoms with Crippen LogP contribution in [0.25, 0.3) is 0 Å². The second-order valence-electron chi connectivity index (χ2n) is 2.09. The van der Waals surface area contributed by atoms with Gasteiger partial charge in [0.1, 0.15) is 11.9 Å². The molecule has 0 saturated carbocycles. The van der Waals surface area contributed by atoms with E-state index in [1.165, 1.54) is 0 Å². The van der Waals surface area contributed by atoms with Crippen molar-refractivity contribution in [1.82, 2.24) is 5.32 Å². The summed E-state index contributed by atoms with van der Waals surface area (Å²) >= 11 is 0. The molecule has 3 heteroatoms. The third kappa shape index (κ3) is 1.59. The molecule has 0 spiro atoms. The summed E-state index contributed by atoms with van der Waals surface area (Å²) in [4.78, 5) is 0. The zero-order chi connectivity index (χ0) is 7.40. The minimum absolute atomic E-state index is 0.521. The van der Waals surface area contributed by atoms with Crippen molar-refractivity contribution in [3.63, 3.8) is 0 Å². The van der Waals surface area contributed by atoms with Gasteiger partial charge in [0.2, 0.25) is 0 Å². The minimum Gasteiger partial charge on any atom is -0.467 e. The molecule has 0 radical (unpaired) electrons. The molecule has 0 aromatic carbocycles. The molecule has 1 rings (SSSR count). The van der Waals surface area contributed by atoms with E-state index in [1.54, 1.807) is 25.4 Å². The van der Waals surface area contributed by atoms with Gasteiger partial charge in [0.05, 0.1) is 6.26 Å². The van der Waals surface area contributed by atoms with Gasteiger partial charge < -0.3 is 14.8 Å². The molecule has 1 heterocycles. The molecule has 0 amide bonds. The van der Waals surface area contributed by atoms with E-state index in [2.05, 4.69) is 5.32 Å². The number of rotatable bonds is 3. The predicted octanol–water partition coefficient (Wildman–Crippen LogP) is 0.532. The van der Waals surface area contributed by atoms with Crippen molar-refractivity contribution in [1.29, 1.82) is 0 Å². The Labute approximate surface area is 59.7 Å². The molecule has 0 fully saturated rings. The van der Waals surface area contributed by atoms with Crippen molar-refractivity contribution >= 4 is 0 Å². The monoisotopic (exact) mass is 141 g/mol. The first kappa shape index (κ1) is 7.31. The summed E-state index contributed by atoms with van der Waals surface area (Å²) in [7, 11) is 1.78. The van der Waals surface area contributed by atoms with Gasteiger partial charge >= 0.3 is 0 Å². The second-order valence-corrected chi connectivity index (χ2v) is 2.09. The van der Waals surface area contributed by atoms with E-state index in [1.807, 2.05) is 0 Å². The molecule has 1 atom stereocenters. The first-order chi connectivity index (χ1) is 4.84. The normalized spacial score (nSPS) is 13.4. The van der Waals surface area contributed by atoms with Gasteiger partial charge in [-0.3, -0.25) is 0 Å². The molecule has 2 N–H and O–H groups in total. The van der Waals surface area contributed by atoms with Gasteiger partial charge in [-0.2, -0.15) is 0 Å². The molecule has 1 aromatic rings. The third-order valence-corrected chi connectivity index (χ3v) is 1.27. The summed E-state index contributed by atoms with van der Waals surface area (Å²) in [6.45, 7) is 0.521. The van der Waals surface area contributed by atoms with Gasteiger partial charge in [-0.1, -0.05) is 0 Å². The lowest BCUT2D eigenvalue weighted by atomic mass is 10.3. The Hall–Kier alpha value is -0.800. The number of likely N-dealkylation sites (N-methyl/N-ethyl adjacent to an activating group) is 1. The van der Waals surface area contributed by atoms with E-state index in [0.717, 1.165) is 0 Å². The lowest BCUT2D eigenvalue weighted by Crippen LogP contribution is -2.15. The molecule has 0 aliphatic heterocycles. The van der Waals surface area contributed by atoms with Crippen LogP contribution in [0.1, 0.15) is 11.9 Å². The number of aliphatic hydroxyl groups excluding tert-OH is 1. The third-order valence-electron chi connectivity index (χ3n) is 1.27. The topological polar surface area (TPSA) is 45.4 Å². The Morgan fingerprint density at radius 1 is 1.80 bits per heavy atom. The highest BCUT2D eigenvalue weighted by Gasteiger charge is 2.07. The number of furan rings is 1. The van der Waals surface area contributed by atoms with Crippen LogP contribution in [0.4, 0.5) is 0 Å². The summed E-state index contributed by atoms with van der Waals surface area (Å²) in [6, 6.07) is 3.51. The molecular formula is C7H11NO2. The lowest BCUT2D eigenvalue weighted by Gasteiger charge is -2.04. The predicted molar refractivity (Wildman–Crippen MR) is 37.6 cm³/mol. The summed E-state index contributed by atoms with van der Waals surface area (Å²) < 4.78 is 4.96. The average Bonchev–Trinajstić information content (AvgIpc) is 2.38. The summed E-state index contributed by atoms with van der Waals surface area (Å²) in [5.74, 6) is 0.606. The molecule has 0 unspecified atom stereocenters. The van der Waals surface area contributed by atoms with E-state index in [0.29, 0.717) is 12.3 Å². The highest BCUT2D eigenvalue weighted by Crippen LogP contribution is 2.10. The highest BCUT2D eigenvalue weighted by atomic mass is 16.4. The first-order valence-corrected chi connectivity index (χ1v) is 3.20. The Bertz CT molecular complexity index is 172. The van der Waals surface area contributed by atoms with Crippen molar-refractivity contribution in [3.8, 4) is 0 Å². The van der Waals surface area contributed by atoms with Crippen LogP contribution in [-0.2, 0) is 0 Å². The van der Waals surface area contributed by atoms with Gasteiger partial charge in [0.25, 0.3) is 0 Å². The summed E-state index contributed by atoms with van der Waals surface area (Å²) in [5.41, 5.74) is 0. The molecule has 0 bridgehead atoms. The van der Waals surface area contributed by atoms with Crippen molar-refractivity contribution in [2.45, 2.75) is 6.10 Å². The number of aliphatic hydroxyl groups is 1. The second kappa shape index (κ2) is 3.39. The van der Waals surface area contributed by atoms with Gasteiger partial charge in [0, 0.05) is 6.54 Å². The fourth-order valence-corrected chi connectivity index (χ4v) is 0.775. The lowest BCUT2D eigenvalue weighted by molar-refractivity contribution is 0.150. The van der Waals surface area contributed by atoms with Crippen LogP contribution in [0.3, 0.4) is 0 Å². The van der Waals surface area contributed by atoms with Gasteiger partial charge in [-0.05, 0) is 19.2 Å². The van der Waals surface area contributed by atoms with Crippen LogP contribution < -0.4 is 5.32 Å². The fourth-order valence-electron chi connectivity index (χ4n) is 0.775. The maximum Gasteiger partial charge on any atom is 0.133 e. The van der Waals surface area contributed by atoms with E-state index in [9.17, 15) is 5.11 Å². The zero-order valence-corrected chi connectivity index (χ0v) is 5.87. The zero-order valence-electron chi connectivity index (χ0n) is 5.87. The van der Waals surface area contributed by atoms with Crippen LogP contribution in [-0.4, -0.2) is 18.7 Å². The van der Waals surface area contributed by atoms with Gasteiger partial charge in [0.15, 0.2) is 0 Å². The Balaban J connectivity index is 2.50. The molecule has 0 saturated heterocycles. The minimum atomic E-state index is -0.528. The smallest absolute Gasteiger partial charge is 0.133 e. The van der Waals surface area contributed by atoms with Crippen molar-refractivity contribution in [2.24, 2.45) is 0 Å². The molecule has 0 aliphatic rings. The van der Waals surface area contributed by atoms with Crippen molar-refractivity contribution in [3.05, 3.63) is 24.2 Å². The average molecular weight is 141 g/mol. The number of hydrogen-bond donors (Lipinski definition) is 2. The van der Waals surface area contributed by atoms with E-state index >= 15 is 0 Å². The van der Waals surface area contributed by atoms with Crippen LogP contribution in [0.15, 0.2) is 22.8 Å². The fraction of sp³-hybridized carbons (Fsp3) is 0.429. The number of nitrogens with one attached hydrogen (secondary N) is 1. The Morgan fingerprint density at radius 2 is 2.60 bits per heavy atom. The highest BCUT2D eigenvalue weighted by molar-refractivity contribution is 5.01. The van der Waals surface area contributed by atoms with E-state index in [-0.39, 0.29) is 0 Å². The maximum absolute atomic E-state index is 9.25. The van der Waals surface area contributed by atoms with Crippen LogP contribution >= 0.6 is 0 Å². The van der Waals surface area contributed by atoms with Crippen molar-refractivity contribution in [2.75, 3.05) is 13.6 Å². The molecule has 56 valence electrons. The van der Waals surface area contributed by atoms with E-state index in [4.69, 9.17) is 4.42 Å². The Morgan fingerprint density at radius 3 is 3.10 bits per heavy atom. The number of hydrogen-bond acceptors (Lipinski definition) is 3. The summed E-state index contributed by atoms with van der Waals surface area (Å²) in [5, 5.41) is 12.1. The first-order valence-electron chi connectivity index (χ1n) is 3.20. The van der Waals surface area contributed by atoms with Crippen LogP contribution in [0.2, 0.25) is 0 Å². The van der Waals surface area contributed by atoms with E-state index < -0.39 is 6.10 Å². The standard InChI is InChI=1S/C7H11NO2/c1-8-5-6(9)7-3-2-4-10-7/h2-4,6,8-9H,5H2,1H3/t6-/m0/s1. The largest absolute Gasteiger partial charge is 0.467 e. The van der Waals surface area contributed by atoms with Gasteiger partial charge in [-0.25, -0.2) is 0 Å². The van der Waals surface area contributed by atoms with Crippen LogP contribution in [0.5, 0.6) is 0 Å². The van der Waals surface area contributed by atoms with Crippen LogP contribution in [0, 0.1) is 0 Å². The molecular weight excluding hydrogens is 130 g/mol. The SMILES string of the molecule is CNC[C@H](O)c1ccco1. The molecule has 10 heavy (non-hydrogen) atoms. The molecule has 0 aliphatic carbocycles. The Kier molecular flexibility index (Phi) is 2.48. The molecule has 1 aromatic heterocycles. The molecule has 3 nitrogen and oxygen atoms in total.